The molecular formula is C6H7BrN2O2. The Hall–Kier alpha value is -0.420. The maximum atomic E-state index is 5.34. The summed E-state index contributed by atoms with van der Waals surface area (Å²) in [6, 6.07) is 0. The van der Waals surface area contributed by atoms with Gasteiger partial charge >= 0.3 is 0 Å². The highest BCUT2D eigenvalue weighted by Crippen LogP contribution is 2.27. The van der Waals surface area contributed by atoms with Crippen molar-refractivity contribution in [2.45, 2.75) is 18.9 Å². The molecule has 11 heavy (non-hydrogen) atoms. The standard InChI is InChI=1S/C6H7BrN2O2/c7-6-9-8-5(11-6)4-2-1-3-10-4/h4H,1-3H2. The zero-order chi connectivity index (χ0) is 7.68. The predicted molar refractivity (Wildman–Crippen MR) is 39.9 cm³/mol. The highest BCUT2D eigenvalue weighted by Gasteiger charge is 2.22. The predicted octanol–water partition coefficient (Wildman–Crippen LogP) is 1.68. The van der Waals surface area contributed by atoms with Crippen LogP contribution in [0.5, 0.6) is 0 Å². The van der Waals surface area contributed by atoms with Gasteiger partial charge in [-0.25, -0.2) is 0 Å². The second kappa shape index (κ2) is 2.91. The number of rotatable bonds is 1. The molecule has 2 rings (SSSR count). The quantitative estimate of drug-likeness (QED) is 0.720. The Labute approximate surface area is 72.1 Å². The number of ether oxygens (including phenoxy) is 1. The van der Waals surface area contributed by atoms with E-state index < -0.39 is 0 Å². The molecular weight excluding hydrogens is 212 g/mol. The van der Waals surface area contributed by atoms with Crippen molar-refractivity contribution in [3.8, 4) is 0 Å². The van der Waals surface area contributed by atoms with Gasteiger partial charge in [-0.1, -0.05) is 0 Å². The minimum atomic E-state index is 0.0220. The van der Waals surface area contributed by atoms with Crippen molar-refractivity contribution in [3.05, 3.63) is 10.7 Å². The van der Waals surface area contributed by atoms with Crippen LogP contribution in [-0.2, 0) is 4.74 Å². The molecule has 2 heterocycles. The minimum Gasteiger partial charge on any atom is -0.413 e. The third kappa shape index (κ3) is 1.44. The molecule has 1 aromatic heterocycles. The molecule has 0 radical (unpaired) electrons. The Kier molecular flexibility index (Phi) is 1.91. The van der Waals surface area contributed by atoms with E-state index in [1.807, 2.05) is 0 Å². The summed E-state index contributed by atoms with van der Waals surface area (Å²) < 4.78 is 10.5. The fourth-order valence-electron chi connectivity index (χ4n) is 1.12. The first-order valence-corrected chi connectivity index (χ1v) is 4.26. The average molecular weight is 219 g/mol. The van der Waals surface area contributed by atoms with Gasteiger partial charge in [-0.2, -0.15) is 0 Å². The first kappa shape index (κ1) is 7.24. The largest absolute Gasteiger partial charge is 0.413 e. The number of aromatic nitrogens is 2. The van der Waals surface area contributed by atoms with Crippen molar-refractivity contribution >= 4 is 15.9 Å². The molecule has 1 aliphatic rings. The molecule has 1 atom stereocenters. The summed E-state index contributed by atoms with van der Waals surface area (Å²) in [5, 5.41) is 7.49. The van der Waals surface area contributed by atoms with E-state index in [2.05, 4.69) is 26.1 Å². The van der Waals surface area contributed by atoms with E-state index in [1.165, 1.54) is 0 Å². The number of hydrogen-bond donors (Lipinski definition) is 0. The van der Waals surface area contributed by atoms with Gasteiger partial charge in [-0.05, 0) is 12.8 Å². The van der Waals surface area contributed by atoms with Gasteiger partial charge in [0.25, 0.3) is 4.80 Å². The Morgan fingerprint density at radius 2 is 2.36 bits per heavy atom. The molecule has 5 heteroatoms. The summed E-state index contributed by atoms with van der Waals surface area (Å²) in [5.74, 6) is 0.578. The minimum absolute atomic E-state index is 0.0220. The van der Waals surface area contributed by atoms with Gasteiger partial charge in [-0.3, -0.25) is 0 Å². The maximum absolute atomic E-state index is 5.34. The van der Waals surface area contributed by atoms with E-state index in [-0.39, 0.29) is 6.10 Å². The zero-order valence-corrected chi connectivity index (χ0v) is 7.37. The van der Waals surface area contributed by atoms with Crippen LogP contribution in [0.15, 0.2) is 9.22 Å². The van der Waals surface area contributed by atoms with E-state index in [1.54, 1.807) is 0 Å². The van der Waals surface area contributed by atoms with Crippen LogP contribution in [0.3, 0.4) is 0 Å². The van der Waals surface area contributed by atoms with Crippen LogP contribution >= 0.6 is 15.9 Å². The smallest absolute Gasteiger partial charge is 0.284 e. The molecule has 1 aliphatic heterocycles. The van der Waals surface area contributed by atoms with Crippen LogP contribution in [-0.4, -0.2) is 16.8 Å². The lowest BCUT2D eigenvalue weighted by Crippen LogP contribution is -1.95. The molecule has 0 amide bonds. The monoisotopic (exact) mass is 218 g/mol. The van der Waals surface area contributed by atoms with Crippen LogP contribution in [0.2, 0.25) is 0 Å². The molecule has 1 fully saturated rings. The number of hydrogen-bond acceptors (Lipinski definition) is 4. The molecule has 1 unspecified atom stereocenters. The lowest BCUT2D eigenvalue weighted by atomic mass is 10.2. The topological polar surface area (TPSA) is 48.2 Å². The van der Waals surface area contributed by atoms with Crippen molar-refractivity contribution in [2.24, 2.45) is 0 Å². The molecule has 0 spiro atoms. The van der Waals surface area contributed by atoms with E-state index in [4.69, 9.17) is 9.15 Å². The molecule has 0 N–H and O–H groups in total. The molecule has 0 aliphatic carbocycles. The average Bonchev–Trinajstić information content (AvgIpc) is 2.55. The third-order valence-corrected chi connectivity index (χ3v) is 1.94. The Morgan fingerprint density at radius 3 is 2.91 bits per heavy atom. The normalized spacial score (nSPS) is 24.3. The van der Waals surface area contributed by atoms with Crippen LogP contribution in [0.4, 0.5) is 0 Å². The van der Waals surface area contributed by atoms with Crippen molar-refractivity contribution in [3.63, 3.8) is 0 Å². The van der Waals surface area contributed by atoms with Gasteiger partial charge in [-0.15, -0.1) is 10.2 Å². The summed E-state index contributed by atoms with van der Waals surface area (Å²) in [7, 11) is 0. The molecule has 0 saturated carbocycles. The Bertz CT molecular complexity index is 244. The SMILES string of the molecule is Brc1nnc(C2CCCO2)o1. The Morgan fingerprint density at radius 1 is 1.45 bits per heavy atom. The third-order valence-electron chi connectivity index (χ3n) is 1.62. The highest BCUT2D eigenvalue weighted by atomic mass is 79.9. The van der Waals surface area contributed by atoms with E-state index in [0.29, 0.717) is 10.7 Å². The van der Waals surface area contributed by atoms with Crippen LogP contribution in [0.25, 0.3) is 0 Å². The summed E-state index contributed by atoms with van der Waals surface area (Å²) in [6.45, 7) is 0.796. The first-order valence-electron chi connectivity index (χ1n) is 3.47. The van der Waals surface area contributed by atoms with Crippen molar-refractivity contribution < 1.29 is 9.15 Å². The second-order valence-corrected chi connectivity index (χ2v) is 3.07. The van der Waals surface area contributed by atoms with Gasteiger partial charge in [0.15, 0.2) is 0 Å². The van der Waals surface area contributed by atoms with Crippen molar-refractivity contribution in [1.29, 1.82) is 0 Å². The van der Waals surface area contributed by atoms with E-state index in [9.17, 15) is 0 Å². The molecule has 0 bridgehead atoms. The van der Waals surface area contributed by atoms with Gasteiger partial charge in [0, 0.05) is 22.5 Å². The Balaban J connectivity index is 2.15. The van der Waals surface area contributed by atoms with Crippen LogP contribution < -0.4 is 0 Å². The number of nitrogens with zero attached hydrogens (tertiary/aromatic N) is 2. The van der Waals surface area contributed by atoms with Gasteiger partial charge in [0.2, 0.25) is 5.89 Å². The van der Waals surface area contributed by atoms with Gasteiger partial charge in [0.1, 0.15) is 6.10 Å². The number of halogens is 1. The van der Waals surface area contributed by atoms with Gasteiger partial charge < -0.3 is 9.15 Å². The molecule has 0 aromatic carbocycles. The first-order chi connectivity index (χ1) is 5.36. The summed E-state index contributed by atoms with van der Waals surface area (Å²) in [5.41, 5.74) is 0. The highest BCUT2D eigenvalue weighted by molar-refractivity contribution is 9.10. The second-order valence-electron chi connectivity index (χ2n) is 2.39. The lowest BCUT2D eigenvalue weighted by Gasteiger charge is -2.00. The van der Waals surface area contributed by atoms with Crippen LogP contribution in [0.1, 0.15) is 24.8 Å². The zero-order valence-electron chi connectivity index (χ0n) is 5.79. The fourth-order valence-corrected chi connectivity index (χ4v) is 1.36. The summed E-state index contributed by atoms with van der Waals surface area (Å²) in [6.07, 6.45) is 2.08. The maximum Gasteiger partial charge on any atom is 0.284 e. The van der Waals surface area contributed by atoms with E-state index in [0.717, 1.165) is 19.4 Å². The van der Waals surface area contributed by atoms with Crippen molar-refractivity contribution in [1.82, 2.24) is 10.2 Å². The van der Waals surface area contributed by atoms with Crippen LogP contribution in [0, 0.1) is 0 Å². The molecule has 4 nitrogen and oxygen atoms in total. The summed E-state index contributed by atoms with van der Waals surface area (Å²) >= 11 is 3.08. The summed E-state index contributed by atoms with van der Waals surface area (Å²) in [4.78, 5) is 0.419. The molecule has 1 saturated heterocycles. The fraction of sp³-hybridized carbons (Fsp3) is 0.667. The van der Waals surface area contributed by atoms with Gasteiger partial charge in [0.05, 0.1) is 0 Å². The molecule has 1 aromatic rings. The van der Waals surface area contributed by atoms with Crippen molar-refractivity contribution in [2.75, 3.05) is 6.61 Å². The lowest BCUT2D eigenvalue weighted by molar-refractivity contribution is 0.0883. The molecule has 60 valence electrons. The van der Waals surface area contributed by atoms with E-state index >= 15 is 0 Å².